The van der Waals surface area contributed by atoms with Crippen molar-refractivity contribution in [1.29, 1.82) is 0 Å². The second kappa shape index (κ2) is 4.61. The van der Waals surface area contributed by atoms with Gasteiger partial charge in [0, 0.05) is 18.4 Å². The zero-order chi connectivity index (χ0) is 11.7. The van der Waals surface area contributed by atoms with E-state index in [1.54, 1.807) is 0 Å². The molecule has 1 saturated heterocycles. The molecule has 2 nitrogen and oxygen atoms in total. The molecular formula is C15H18O2. The summed E-state index contributed by atoms with van der Waals surface area (Å²) in [7, 11) is 0. The number of hydrogen-bond donors (Lipinski definition) is 0. The minimum absolute atomic E-state index is 0.137. The molecule has 0 aromatic heterocycles. The number of Topliss-reactive ketones (excluding diaryl/α,β-unsaturated/α-hetero) is 1. The Kier molecular flexibility index (Phi) is 2.98. The van der Waals surface area contributed by atoms with E-state index in [1.807, 2.05) is 6.07 Å². The van der Waals surface area contributed by atoms with Crippen molar-refractivity contribution < 1.29 is 9.53 Å². The van der Waals surface area contributed by atoms with E-state index in [0.29, 0.717) is 12.4 Å². The summed E-state index contributed by atoms with van der Waals surface area (Å²) < 4.78 is 5.43. The molecule has 3 rings (SSSR count). The van der Waals surface area contributed by atoms with Gasteiger partial charge in [-0.2, -0.15) is 0 Å². The summed E-state index contributed by atoms with van der Waals surface area (Å²) in [5.74, 6) is 0.687. The zero-order valence-corrected chi connectivity index (χ0v) is 10.0. The molecule has 1 aromatic carbocycles. The summed E-state index contributed by atoms with van der Waals surface area (Å²) >= 11 is 0. The fraction of sp³-hybridized carbons (Fsp3) is 0.533. The predicted molar refractivity (Wildman–Crippen MR) is 66.1 cm³/mol. The molecule has 2 aliphatic rings. The van der Waals surface area contributed by atoms with E-state index in [9.17, 15) is 4.79 Å². The molecule has 0 bridgehead atoms. The first kappa shape index (κ1) is 11.0. The molecular weight excluding hydrogens is 212 g/mol. The van der Waals surface area contributed by atoms with Gasteiger partial charge in [-0.15, -0.1) is 0 Å². The van der Waals surface area contributed by atoms with Crippen LogP contribution < -0.4 is 0 Å². The van der Waals surface area contributed by atoms with Crippen LogP contribution in [-0.4, -0.2) is 19.0 Å². The second-order valence-corrected chi connectivity index (χ2v) is 5.11. The minimum Gasteiger partial charge on any atom is -0.381 e. The molecule has 90 valence electrons. The van der Waals surface area contributed by atoms with E-state index in [0.717, 1.165) is 32.3 Å². The molecule has 17 heavy (non-hydrogen) atoms. The van der Waals surface area contributed by atoms with Gasteiger partial charge in [0.15, 0.2) is 0 Å². The Morgan fingerprint density at radius 2 is 2.12 bits per heavy atom. The first-order valence-electron chi connectivity index (χ1n) is 6.55. The van der Waals surface area contributed by atoms with E-state index >= 15 is 0 Å². The normalized spacial score (nSPS) is 27.8. The van der Waals surface area contributed by atoms with Crippen molar-refractivity contribution in [2.75, 3.05) is 13.2 Å². The third kappa shape index (κ3) is 2.02. The Bertz CT molecular complexity index is 419. The van der Waals surface area contributed by atoms with Crippen molar-refractivity contribution in [3.63, 3.8) is 0 Å². The van der Waals surface area contributed by atoms with Crippen molar-refractivity contribution in [3.05, 3.63) is 35.4 Å². The van der Waals surface area contributed by atoms with Gasteiger partial charge in [0.05, 0.1) is 6.61 Å². The second-order valence-electron chi connectivity index (χ2n) is 5.11. The van der Waals surface area contributed by atoms with Crippen molar-refractivity contribution in [1.82, 2.24) is 0 Å². The molecule has 1 heterocycles. The molecule has 0 N–H and O–H groups in total. The molecule has 2 atom stereocenters. The van der Waals surface area contributed by atoms with E-state index in [1.165, 1.54) is 11.1 Å². The van der Waals surface area contributed by atoms with Crippen LogP contribution in [-0.2, 0) is 16.0 Å². The van der Waals surface area contributed by atoms with Crippen LogP contribution in [0.3, 0.4) is 0 Å². The molecule has 1 aliphatic carbocycles. The van der Waals surface area contributed by atoms with E-state index < -0.39 is 0 Å². The monoisotopic (exact) mass is 230 g/mol. The average molecular weight is 230 g/mol. The highest BCUT2D eigenvalue weighted by molar-refractivity contribution is 5.89. The molecule has 2 heteroatoms. The minimum atomic E-state index is 0.137. The van der Waals surface area contributed by atoms with E-state index in [4.69, 9.17) is 4.74 Å². The molecule has 1 aliphatic heterocycles. The maximum Gasteiger partial charge on any atom is 0.145 e. The first-order chi connectivity index (χ1) is 8.36. The summed E-state index contributed by atoms with van der Waals surface area (Å²) in [6.45, 7) is 1.46. The number of benzene rings is 1. The fourth-order valence-corrected chi connectivity index (χ4v) is 3.10. The van der Waals surface area contributed by atoms with Crippen LogP contribution in [0.1, 0.15) is 36.3 Å². The Hall–Kier alpha value is -1.15. The van der Waals surface area contributed by atoms with Gasteiger partial charge in [-0.3, -0.25) is 4.79 Å². The number of carbonyl (C=O) groups excluding carboxylic acids is 1. The lowest BCUT2D eigenvalue weighted by Crippen LogP contribution is -2.28. The van der Waals surface area contributed by atoms with Crippen LogP contribution in [0.15, 0.2) is 24.3 Å². The fourth-order valence-electron chi connectivity index (χ4n) is 3.10. The lowest BCUT2D eigenvalue weighted by Gasteiger charge is -2.23. The SMILES string of the molecule is O=C(C1CCCOC1)C1CCc2ccccc21. The van der Waals surface area contributed by atoms with Crippen molar-refractivity contribution in [3.8, 4) is 0 Å². The predicted octanol–water partition coefficient (Wildman–Crippen LogP) is 2.71. The third-order valence-electron chi connectivity index (χ3n) is 4.04. The van der Waals surface area contributed by atoms with E-state index in [-0.39, 0.29) is 11.8 Å². The molecule has 1 fully saturated rings. The van der Waals surface area contributed by atoms with Gasteiger partial charge in [-0.1, -0.05) is 24.3 Å². The summed E-state index contributed by atoms with van der Waals surface area (Å²) in [4.78, 5) is 12.5. The van der Waals surface area contributed by atoms with Crippen molar-refractivity contribution >= 4 is 5.78 Å². The van der Waals surface area contributed by atoms with Gasteiger partial charge in [0.1, 0.15) is 5.78 Å². The summed E-state index contributed by atoms with van der Waals surface area (Å²) in [5, 5.41) is 0. The van der Waals surface area contributed by atoms with Crippen LogP contribution in [0.25, 0.3) is 0 Å². The van der Waals surface area contributed by atoms with Crippen LogP contribution in [0.4, 0.5) is 0 Å². The number of carbonyl (C=O) groups is 1. The first-order valence-corrected chi connectivity index (χ1v) is 6.55. The quantitative estimate of drug-likeness (QED) is 0.781. The topological polar surface area (TPSA) is 26.3 Å². The third-order valence-corrected chi connectivity index (χ3v) is 4.04. The number of hydrogen-bond acceptors (Lipinski definition) is 2. The number of fused-ring (bicyclic) bond motifs is 1. The van der Waals surface area contributed by atoms with Gasteiger partial charge in [-0.05, 0) is 36.8 Å². The Morgan fingerprint density at radius 1 is 1.24 bits per heavy atom. The smallest absolute Gasteiger partial charge is 0.145 e. The Morgan fingerprint density at radius 3 is 2.94 bits per heavy atom. The number of ether oxygens (including phenoxy) is 1. The summed E-state index contributed by atoms with van der Waals surface area (Å²) in [6, 6.07) is 8.38. The lowest BCUT2D eigenvalue weighted by atomic mass is 9.86. The number of ketones is 1. The molecule has 0 saturated carbocycles. The highest BCUT2D eigenvalue weighted by Gasteiger charge is 2.33. The number of aryl methyl sites for hydroxylation is 1. The highest BCUT2D eigenvalue weighted by atomic mass is 16.5. The van der Waals surface area contributed by atoms with Crippen LogP contribution >= 0.6 is 0 Å². The van der Waals surface area contributed by atoms with Crippen LogP contribution in [0, 0.1) is 5.92 Å². The van der Waals surface area contributed by atoms with Gasteiger partial charge in [0.25, 0.3) is 0 Å². The van der Waals surface area contributed by atoms with Crippen molar-refractivity contribution in [2.45, 2.75) is 31.6 Å². The van der Waals surface area contributed by atoms with E-state index in [2.05, 4.69) is 18.2 Å². The molecule has 2 unspecified atom stereocenters. The molecule has 0 spiro atoms. The van der Waals surface area contributed by atoms with Gasteiger partial charge in [-0.25, -0.2) is 0 Å². The van der Waals surface area contributed by atoms with Crippen LogP contribution in [0.5, 0.6) is 0 Å². The average Bonchev–Trinajstić information content (AvgIpc) is 2.83. The maximum absolute atomic E-state index is 12.5. The molecule has 1 aromatic rings. The zero-order valence-electron chi connectivity index (χ0n) is 10.0. The van der Waals surface area contributed by atoms with Gasteiger partial charge < -0.3 is 4.74 Å². The summed E-state index contributed by atoms with van der Waals surface area (Å²) in [6.07, 6.45) is 4.09. The Balaban J connectivity index is 1.79. The lowest BCUT2D eigenvalue weighted by molar-refractivity contribution is -0.128. The molecule has 0 amide bonds. The standard InChI is InChI=1S/C15H18O2/c16-15(12-5-3-9-17-10-12)14-8-7-11-4-1-2-6-13(11)14/h1-2,4,6,12,14H,3,5,7-10H2. The van der Waals surface area contributed by atoms with Crippen LogP contribution in [0.2, 0.25) is 0 Å². The highest BCUT2D eigenvalue weighted by Crippen LogP contribution is 2.36. The largest absolute Gasteiger partial charge is 0.381 e. The number of rotatable bonds is 2. The maximum atomic E-state index is 12.5. The summed E-state index contributed by atoms with van der Waals surface area (Å²) in [5.41, 5.74) is 2.63. The van der Waals surface area contributed by atoms with Crippen molar-refractivity contribution in [2.24, 2.45) is 5.92 Å². The Labute approximate surface area is 102 Å². The van der Waals surface area contributed by atoms with Gasteiger partial charge in [0.2, 0.25) is 0 Å². The van der Waals surface area contributed by atoms with Gasteiger partial charge >= 0.3 is 0 Å². The molecule has 0 radical (unpaired) electrons.